The maximum Gasteiger partial charge on any atom is 0.0534 e. The molecule has 1 heteroatoms. The molecule has 1 aromatic heterocycles. The van der Waals surface area contributed by atoms with Crippen molar-refractivity contribution in [3.05, 3.63) is 157 Å². The van der Waals surface area contributed by atoms with Gasteiger partial charge in [0.1, 0.15) is 0 Å². The average Bonchev–Trinajstić information content (AvgIpc) is 3.43. The first-order valence-electron chi connectivity index (χ1n) is 14.6. The van der Waals surface area contributed by atoms with Crippen molar-refractivity contribution in [1.29, 1.82) is 0 Å². The molecular formula is C41H29N. The molecule has 7 aromatic carbocycles. The van der Waals surface area contributed by atoms with Crippen LogP contribution in [0.25, 0.3) is 77.2 Å². The molecule has 0 aliphatic rings. The molecule has 1 heterocycles. The van der Waals surface area contributed by atoms with Crippen molar-refractivity contribution < 1.29 is 0 Å². The van der Waals surface area contributed by atoms with E-state index in [1.54, 1.807) is 0 Å². The van der Waals surface area contributed by atoms with Gasteiger partial charge in [-0.1, -0.05) is 127 Å². The average molecular weight is 536 g/mol. The van der Waals surface area contributed by atoms with Crippen LogP contribution in [0.5, 0.6) is 0 Å². The lowest BCUT2D eigenvalue weighted by Gasteiger charge is -2.12. The Labute approximate surface area is 245 Å². The van der Waals surface area contributed by atoms with Crippen molar-refractivity contribution in [1.82, 2.24) is 4.57 Å². The first kappa shape index (κ1) is 24.4. The van der Waals surface area contributed by atoms with Crippen LogP contribution in [0.4, 0.5) is 0 Å². The van der Waals surface area contributed by atoms with E-state index in [1.807, 2.05) is 0 Å². The maximum absolute atomic E-state index is 2.36. The number of rotatable bonds is 4. The van der Waals surface area contributed by atoms with Crippen LogP contribution in [0.2, 0.25) is 0 Å². The lowest BCUT2D eigenvalue weighted by atomic mass is 9.92. The molecule has 0 atom stereocenters. The van der Waals surface area contributed by atoms with Gasteiger partial charge >= 0.3 is 0 Å². The molecule has 0 radical (unpaired) electrons. The van der Waals surface area contributed by atoms with E-state index in [-0.39, 0.29) is 0 Å². The fourth-order valence-corrected chi connectivity index (χ4v) is 6.49. The Kier molecular flexibility index (Phi) is 5.75. The van der Waals surface area contributed by atoms with Crippen LogP contribution >= 0.6 is 0 Å². The smallest absolute Gasteiger partial charge is 0.0534 e. The Morgan fingerprint density at radius 2 is 0.881 bits per heavy atom. The molecule has 0 fully saturated rings. The summed E-state index contributed by atoms with van der Waals surface area (Å²) < 4.78 is 2.28. The highest BCUT2D eigenvalue weighted by molar-refractivity contribution is 6.25. The number of benzene rings is 7. The third-order valence-electron chi connectivity index (χ3n) is 8.53. The molecule has 0 N–H and O–H groups in total. The maximum atomic E-state index is 2.36. The predicted molar refractivity (Wildman–Crippen MR) is 181 cm³/mol. The molecule has 0 aliphatic heterocycles. The van der Waals surface area contributed by atoms with Crippen LogP contribution in [0.1, 0.15) is 12.5 Å². The number of aromatic nitrogens is 1. The van der Waals surface area contributed by atoms with Crippen LogP contribution in [-0.2, 0) is 0 Å². The Morgan fingerprint density at radius 3 is 1.48 bits per heavy atom. The van der Waals surface area contributed by atoms with Gasteiger partial charge < -0.3 is 4.57 Å². The van der Waals surface area contributed by atoms with Gasteiger partial charge in [0.15, 0.2) is 0 Å². The zero-order chi connectivity index (χ0) is 28.0. The quantitative estimate of drug-likeness (QED) is 0.198. The number of fused-ring (bicyclic) bond motifs is 7. The Balaban J connectivity index is 1.14. The molecule has 0 aliphatic carbocycles. The van der Waals surface area contributed by atoms with Crippen molar-refractivity contribution in [2.24, 2.45) is 0 Å². The molecule has 42 heavy (non-hydrogen) atoms. The SMILES string of the molecule is C/C=C\c1cn(-c2ccc(-c3ccc(-c4ccc5c6ccccc6c6ccccc6c5c4)cc3)cc2)c2ccccc12. The number of hydrogen-bond donors (Lipinski definition) is 0. The van der Waals surface area contributed by atoms with E-state index in [2.05, 4.69) is 169 Å². The number of hydrogen-bond acceptors (Lipinski definition) is 0. The molecule has 0 saturated heterocycles. The first-order chi connectivity index (χ1) is 20.8. The van der Waals surface area contributed by atoms with Crippen LogP contribution in [0.3, 0.4) is 0 Å². The van der Waals surface area contributed by atoms with Crippen LogP contribution < -0.4 is 0 Å². The highest BCUT2D eigenvalue weighted by Gasteiger charge is 2.11. The second kappa shape index (κ2) is 9.90. The van der Waals surface area contributed by atoms with E-state index < -0.39 is 0 Å². The second-order valence-electron chi connectivity index (χ2n) is 10.9. The fraction of sp³-hybridized carbons (Fsp3) is 0.0244. The van der Waals surface area contributed by atoms with Crippen molar-refractivity contribution in [2.75, 3.05) is 0 Å². The summed E-state index contributed by atoms with van der Waals surface area (Å²) in [6, 6.07) is 50.9. The summed E-state index contributed by atoms with van der Waals surface area (Å²) >= 11 is 0. The van der Waals surface area contributed by atoms with Gasteiger partial charge in [0.25, 0.3) is 0 Å². The van der Waals surface area contributed by atoms with Gasteiger partial charge in [0.2, 0.25) is 0 Å². The number of nitrogens with zero attached hydrogens (tertiary/aromatic N) is 1. The van der Waals surface area contributed by atoms with Crippen molar-refractivity contribution in [2.45, 2.75) is 6.92 Å². The lowest BCUT2D eigenvalue weighted by Crippen LogP contribution is -1.91. The third-order valence-corrected chi connectivity index (χ3v) is 8.53. The van der Waals surface area contributed by atoms with Gasteiger partial charge in [-0.05, 0) is 85.8 Å². The van der Waals surface area contributed by atoms with Crippen LogP contribution in [-0.4, -0.2) is 4.57 Å². The number of para-hydroxylation sites is 1. The number of allylic oxidation sites excluding steroid dienone is 1. The van der Waals surface area contributed by atoms with Crippen LogP contribution in [0, 0.1) is 0 Å². The first-order valence-corrected chi connectivity index (χ1v) is 14.6. The Bertz CT molecular complexity index is 2250. The Hall–Kier alpha value is -5.40. The molecular weight excluding hydrogens is 506 g/mol. The summed E-state index contributed by atoms with van der Waals surface area (Å²) in [5, 5.41) is 9.11. The van der Waals surface area contributed by atoms with E-state index in [9.17, 15) is 0 Å². The van der Waals surface area contributed by atoms with E-state index in [1.165, 1.54) is 76.7 Å². The fourth-order valence-electron chi connectivity index (χ4n) is 6.49. The third kappa shape index (κ3) is 3.94. The van der Waals surface area contributed by atoms with E-state index in [0.29, 0.717) is 0 Å². The standard InChI is InChI=1S/C41H29N/c1-2-9-32-27-42(41-15-8-7-10-34(32)41)33-23-20-29(21-24-33)28-16-18-30(19-17-28)31-22-25-39-37-13-4-3-11-35(37)36-12-5-6-14-38(36)40(39)26-31/h2-27H,1H3/b9-2-. The molecule has 198 valence electrons. The van der Waals surface area contributed by atoms with Gasteiger partial charge in [-0.15, -0.1) is 0 Å². The zero-order valence-electron chi connectivity index (χ0n) is 23.5. The monoisotopic (exact) mass is 535 g/mol. The molecule has 0 bridgehead atoms. The molecule has 0 unspecified atom stereocenters. The van der Waals surface area contributed by atoms with Gasteiger partial charge in [0.05, 0.1) is 5.52 Å². The van der Waals surface area contributed by atoms with Gasteiger partial charge in [-0.25, -0.2) is 0 Å². The van der Waals surface area contributed by atoms with Crippen molar-refractivity contribution in [3.63, 3.8) is 0 Å². The Morgan fingerprint density at radius 1 is 0.429 bits per heavy atom. The van der Waals surface area contributed by atoms with Gasteiger partial charge in [0, 0.05) is 22.8 Å². The van der Waals surface area contributed by atoms with Crippen molar-refractivity contribution >= 4 is 49.3 Å². The lowest BCUT2D eigenvalue weighted by molar-refractivity contribution is 1.13. The highest BCUT2D eigenvalue weighted by atomic mass is 15.0. The largest absolute Gasteiger partial charge is 0.316 e. The summed E-state index contributed by atoms with van der Waals surface area (Å²) in [4.78, 5) is 0. The van der Waals surface area contributed by atoms with Gasteiger partial charge in [-0.2, -0.15) is 0 Å². The predicted octanol–water partition coefficient (Wildman–Crippen LogP) is 11.5. The normalized spacial score (nSPS) is 11.8. The summed E-state index contributed by atoms with van der Waals surface area (Å²) in [6.07, 6.45) is 6.50. The summed E-state index contributed by atoms with van der Waals surface area (Å²) in [5.74, 6) is 0. The molecule has 8 rings (SSSR count). The summed E-state index contributed by atoms with van der Waals surface area (Å²) in [7, 11) is 0. The second-order valence-corrected chi connectivity index (χ2v) is 10.9. The zero-order valence-corrected chi connectivity index (χ0v) is 23.5. The molecule has 0 amide bonds. The minimum atomic E-state index is 1.17. The summed E-state index contributed by atoms with van der Waals surface area (Å²) in [6.45, 7) is 2.07. The molecule has 0 spiro atoms. The minimum Gasteiger partial charge on any atom is -0.316 e. The topological polar surface area (TPSA) is 4.93 Å². The molecule has 1 nitrogen and oxygen atoms in total. The highest BCUT2D eigenvalue weighted by Crippen LogP contribution is 2.37. The van der Waals surface area contributed by atoms with Crippen LogP contribution in [0.15, 0.2) is 152 Å². The summed E-state index contributed by atoms with van der Waals surface area (Å²) in [5.41, 5.74) is 8.52. The van der Waals surface area contributed by atoms with Gasteiger partial charge in [-0.3, -0.25) is 0 Å². The van der Waals surface area contributed by atoms with E-state index in [0.717, 1.165) is 0 Å². The molecule has 0 saturated carbocycles. The molecule has 8 aromatic rings. The van der Waals surface area contributed by atoms with E-state index >= 15 is 0 Å². The van der Waals surface area contributed by atoms with Crippen molar-refractivity contribution in [3.8, 4) is 27.9 Å². The minimum absolute atomic E-state index is 1.17. The van der Waals surface area contributed by atoms with E-state index in [4.69, 9.17) is 0 Å².